The molecule has 8 heterocycles. The second-order valence-electron chi connectivity index (χ2n) is 21.8. The molecule has 11 rings (SSSR count). The van der Waals surface area contributed by atoms with Gasteiger partial charge < -0.3 is 34.2 Å². The Labute approximate surface area is 454 Å². The number of ether oxygens (including phenoxy) is 2. The fourth-order valence-corrected chi connectivity index (χ4v) is 13.1. The molecule has 3 aromatic carbocycles. The van der Waals surface area contributed by atoms with Gasteiger partial charge in [-0.1, -0.05) is 76.1 Å². The van der Waals surface area contributed by atoms with Crippen LogP contribution in [-0.2, 0) is 16.0 Å². The molecule has 15 nitrogen and oxygen atoms in total. The lowest BCUT2D eigenvalue weighted by Crippen LogP contribution is -2.48. The van der Waals surface area contributed by atoms with Crippen LogP contribution in [0.25, 0.3) is 43.4 Å². The number of nitrogens with one attached hydrogen (secondary N) is 1. The highest BCUT2D eigenvalue weighted by atomic mass is 32.1. The number of likely N-dealkylation sites (tertiary alicyclic amines) is 1. The molecular formula is C60H72FN9O6S. The first-order valence-electron chi connectivity index (χ1n) is 27.7. The van der Waals surface area contributed by atoms with E-state index >= 15 is 4.39 Å². The van der Waals surface area contributed by atoms with Crippen LogP contribution in [0.4, 0.5) is 10.2 Å². The number of amides is 2. The van der Waals surface area contributed by atoms with Crippen LogP contribution in [0.15, 0.2) is 76.9 Å². The monoisotopic (exact) mass is 1070 g/mol. The number of aryl methyl sites for hydroxylation is 2. The molecule has 7 aromatic rings. The number of nitrogens with zero attached hydrogens (tertiary/aromatic N) is 8. The Hall–Kier alpha value is -6.72. The molecule has 4 aromatic heterocycles. The topological polar surface area (TPSA) is 172 Å². The third-order valence-corrected chi connectivity index (χ3v) is 17.5. The van der Waals surface area contributed by atoms with Crippen molar-refractivity contribution in [1.82, 2.24) is 40.2 Å². The predicted octanol–water partition coefficient (Wildman–Crippen LogP) is 11.8. The summed E-state index contributed by atoms with van der Waals surface area (Å²) in [5, 5.41) is 20.0. The van der Waals surface area contributed by atoms with Gasteiger partial charge in [-0.3, -0.25) is 19.5 Å². The summed E-state index contributed by atoms with van der Waals surface area (Å²) in [5.41, 5.74) is 6.84. The van der Waals surface area contributed by atoms with E-state index in [1.165, 1.54) is 10.4 Å². The minimum Gasteiger partial charge on any atom is -0.508 e. The van der Waals surface area contributed by atoms with Gasteiger partial charge >= 0.3 is 6.01 Å². The number of pyridine rings is 1. The molecule has 4 fully saturated rings. The van der Waals surface area contributed by atoms with E-state index in [-0.39, 0.29) is 58.5 Å². The van der Waals surface area contributed by atoms with Gasteiger partial charge in [0.25, 0.3) is 5.88 Å². The lowest BCUT2D eigenvalue weighted by molar-refractivity contribution is -0.135. The molecule has 4 aliphatic rings. The maximum atomic E-state index is 17.1. The number of carbonyl (C=O) groups is 2. The molecule has 0 saturated carbocycles. The van der Waals surface area contributed by atoms with Crippen LogP contribution in [0, 0.1) is 18.7 Å². The number of aromatic hydroxyl groups is 1. The summed E-state index contributed by atoms with van der Waals surface area (Å²) >= 11 is 1.64. The first-order valence-corrected chi connectivity index (χ1v) is 28.6. The van der Waals surface area contributed by atoms with Gasteiger partial charge in [0.1, 0.15) is 41.9 Å². The highest BCUT2D eigenvalue weighted by Crippen LogP contribution is 2.44. The second-order valence-corrected chi connectivity index (χ2v) is 22.7. The Morgan fingerprint density at radius 3 is 2.48 bits per heavy atom. The second kappa shape index (κ2) is 23.5. The molecule has 5 unspecified atom stereocenters. The molecule has 2 N–H and O–H groups in total. The van der Waals surface area contributed by atoms with E-state index in [9.17, 15) is 14.7 Å². The molecule has 4 aliphatic heterocycles. The fraction of sp³-hybridized carbons (Fsp3) is 0.483. The van der Waals surface area contributed by atoms with Crippen molar-refractivity contribution in [2.75, 3.05) is 44.3 Å². The highest BCUT2D eigenvalue weighted by molar-refractivity contribution is 7.13. The van der Waals surface area contributed by atoms with Crippen LogP contribution in [0.2, 0.25) is 0 Å². The zero-order chi connectivity index (χ0) is 53.8. The molecule has 406 valence electrons. The normalized spacial score (nSPS) is 20.5. The van der Waals surface area contributed by atoms with Crippen LogP contribution in [0.5, 0.6) is 17.6 Å². The van der Waals surface area contributed by atoms with Crippen LogP contribution in [-0.4, -0.2) is 109 Å². The summed E-state index contributed by atoms with van der Waals surface area (Å²) in [6.07, 6.45) is 13.4. The van der Waals surface area contributed by atoms with E-state index in [2.05, 4.69) is 51.2 Å². The Morgan fingerprint density at radius 2 is 1.77 bits per heavy atom. The number of carbonyl (C=O) groups excluding carboxylic acids is 2. The molecule has 0 aliphatic carbocycles. The first-order chi connectivity index (χ1) is 37.4. The number of hydrogen-bond donors (Lipinski definition) is 2. The van der Waals surface area contributed by atoms with E-state index in [4.69, 9.17) is 28.9 Å². The van der Waals surface area contributed by atoms with Gasteiger partial charge in [0, 0.05) is 49.5 Å². The standard InChI is InChI=1S/C47H58FN7O5.C13H14N2OS/c1-5-31-14-10-15-32-23-34(56)24-35(40(31)32)42-41(48)43-36(26-49-42)44(53-19-8-6-7-9-20-53)51-46(50-43)59-28-47-17-12-22-55(47)33(16-18-47)27-58-38-25-37(60-52-38)39(29(2)3)45(57)54-21-11-13-30(54)4;1-9(14-7-16)11-3-5-12(6-4-11)13-10(2)15-8-17-13/h10,14-15,23-26,29-30,33,39,56H,5-9,11-13,16-22,27-28H2,1-4H3;3-9H,1-2H3,(H,14,16). The number of phenolic OH excluding ortho intramolecular Hbond substituents is 1. The number of anilines is 1. The average molecular weight is 1070 g/mol. The van der Waals surface area contributed by atoms with Crippen LogP contribution in [0.3, 0.4) is 0 Å². The molecule has 4 saturated heterocycles. The van der Waals surface area contributed by atoms with E-state index in [0.29, 0.717) is 41.6 Å². The largest absolute Gasteiger partial charge is 0.508 e. The maximum absolute atomic E-state index is 17.1. The predicted molar refractivity (Wildman–Crippen MR) is 299 cm³/mol. The molecule has 5 atom stereocenters. The Bertz CT molecular complexity index is 3200. The van der Waals surface area contributed by atoms with E-state index in [0.717, 1.165) is 131 Å². The van der Waals surface area contributed by atoms with E-state index < -0.39 is 11.7 Å². The first kappa shape index (κ1) is 53.7. The lowest BCUT2D eigenvalue weighted by Gasteiger charge is -2.34. The molecular weight excluding hydrogens is 994 g/mol. The summed E-state index contributed by atoms with van der Waals surface area (Å²) in [5.74, 6) is 0.839. The number of rotatable bonds is 16. The van der Waals surface area contributed by atoms with Gasteiger partial charge in [-0.05, 0) is 136 Å². The lowest BCUT2D eigenvalue weighted by atomic mass is 9.91. The number of phenols is 1. The van der Waals surface area contributed by atoms with Crippen molar-refractivity contribution in [3.8, 4) is 39.3 Å². The van der Waals surface area contributed by atoms with Gasteiger partial charge in [-0.25, -0.2) is 9.37 Å². The number of fused-ring (bicyclic) bond motifs is 3. The summed E-state index contributed by atoms with van der Waals surface area (Å²) in [6, 6.07) is 19.8. The fourth-order valence-electron chi connectivity index (χ4n) is 12.3. The minimum absolute atomic E-state index is 0.0455. The maximum Gasteiger partial charge on any atom is 0.319 e. The Morgan fingerprint density at radius 1 is 0.961 bits per heavy atom. The average Bonchev–Trinajstić information content (AvgIpc) is 4.28. The van der Waals surface area contributed by atoms with Crippen LogP contribution >= 0.6 is 11.3 Å². The number of benzene rings is 3. The van der Waals surface area contributed by atoms with Crippen molar-refractivity contribution in [2.24, 2.45) is 5.92 Å². The zero-order valence-corrected chi connectivity index (χ0v) is 46.1. The summed E-state index contributed by atoms with van der Waals surface area (Å²) in [6.45, 7) is 16.4. The number of aromatic nitrogens is 5. The van der Waals surface area contributed by atoms with Gasteiger partial charge in [0.2, 0.25) is 12.3 Å². The molecule has 0 bridgehead atoms. The SMILES string of the molecule is CCc1cccc2cc(O)cc(-c3ncc4c(N5CCCCCC5)nc(OCC56CCCN5C(COc5cc(C(C(=O)N7CCCC7C)C(C)C)on5)CC6)nc4c3F)c12.Cc1ncsc1-c1ccc(C(C)NC=O)cc1. The Balaban J connectivity index is 0.000000336. The van der Waals surface area contributed by atoms with Crippen molar-refractivity contribution < 1.29 is 33.1 Å². The van der Waals surface area contributed by atoms with Crippen LogP contribution < -0.4 is 19.7 Å². The third-order valence-electron chi connectivity index (χ3n) is 16.5. The number of halogens is 1. The van der Waals surface area contributed by atoms with E-state index in [1.54, 1.807) is 35.7 Å². The van der Waals surface area contributed by atoms with Crippen molar-refractivity contribution in [3.63, 3.8) is 0 Å². The third kappa shape index (κ3) is 11.2. The summed E-state index contributed by atoms with van der Waals surface area (Å²) in [7, 11) is 0. The van der Waals surface area contributed by atoms with Crippen molar-refractivity contribution in [1.29, 1.82) is 0 Å². The molecule has 2 amide bonds. The zero-order valence-electron chi connectivity index (χ0n) is 45.3. The van der Waals surface area contributed by atoms with Crippen LogP contribution in [0.1, 0.15) is 133 Å². The molecule has 17 heteroatoms. The van der Waals surface area contributed by atoms with Crippen molar-refractivity contribution in [3.05, 3.63) is 101 Å². The van der Waals surface area contributed by atoms with Gasteiger partial charge in [-0.2, -0.15) is 9.97 Å². The van der Waals surface area contributed by atoms with Gasteiger partial charge in [-0.15, -0.1) is 11.3 Å². The van der Waals surface area contributed by atoms with Gasteiger partial charge in [0.05, 0.1) is 33.0 Å². The van der Waals surface area contributed by atoms with E-state index in [1.807, 2.05) is 68.4 Å². The molecule has 77 heavy (non-hydrogen) atoms. The molecule has 0 radical (unpaired) electrons. The summed E-state index contributed by atoms with van der Waals surface area (Å²) in [4.78, 5) is 50.6. The summed E-state index contributed by atoms with van der Waals surface area (Å²) < 4.78 is 35.8. The minimum atomic E-state index is -0.557. The quantitative estimate of drug-likeness (QED) is 0.0877. The van der Waals surface area contributed by atoms with Crippen molar-refractivity contribution >= 4 is 51.1 Å². The number of thiazole rings is 1. The molecule has 0 spiro atoms. The van der Waals surface area contributed by atoms with Gasteiger partial charge in [0.15, 0.2) is 11.6 Å². The Kier molecular flexibility index (Phi) is 16.4. The highest BCUT2D eigenvalue weighted by Gasteiger charge is 2.50. The number of hydrogen-bond acceptors (Lipinski definition) is 14. The smallest absolute Gasteiger partial charge is 0.319 e. The van der Waals surface area contributed by atoms with Crippen molar-refractivity contribution in [2.45, 2.75) is 142 Å².